The van der Waals surface area contributed by atoms with Crippen molar-refractivity contribution in [2.24, 2.45) is 0 Å². The van der Waals surface area contributed by atoms with E-state index >= 15 is 0 Å². The summed E-state index contributed by atoms with van der Waals surface area (Å²) in [5.41, 5.74) is 3.67. The Balaban J connectivity index is 1.29. The number of rotatable bonds is 4. The zero-order valence-corrected chi connectivity index (χ0v) is 16.3. The van der Waals surface area contributed by atoms with Gasteiger partial charge in [0.25, 0.3) is 5.91 Å². The van der Waals surface area contributed by atoms with E-state index in [0.29, 0.717) is 16.3 Å². The largest absolute Gasteiger partial charge is 0.490 e. The van der Waals surface area contributed by atoms with Crippen molar-refractivity contribution in [1.29, 1.82) is 5.26 Å². The highest BCUT2D eigenvalue weighted by atomic mass is 35.5. The molecule has 1 amide bonds. The van der Waals surface area contributed by atoms with Crippen LogP contribution < -0.4 is 15.4 Å². The Bertz CT molecular complexity index is 930. The Kier molecular flexibility index (Phi) is 5.52. The van der Waals surface area contributed by atoms with E-state index in [1.807, 2.05) is 24.3 Å². The average molecular weight is 396 g/mol. The van der Waals surface area contributed by atoms with Gasteiger partial charge in [-0.1, -0.05) is 17.7 Å². The van der Waals surface area contributed by atoms with E-state index in [-0.39, 0.29) is 18.1 Å². The summed E-state index contributed by atoms with van der Waals surface area (Å²) in [6.45, 7) is 1.71. The summed E-state index contributed by atoms with van der Waals surface area (Å²) in [6, 6.07) is 13.3. The average Bonchev–Trinajstić information content (AvgIpc) is 3.17. The molecule has 1 fully saturated rings. The monoisotopic (exact) mass is 395 g/mol. The number of halogens is 1. The van der Waals surface area contributed by atoms with Crippen LogP contribution in [0.25, 0.3) is 0 Å². The van der Waals surface area contributed by atoms with Crippen LogP contribution in [0.3, 0.4) is 0 Å². The number of fused-ring (bicyclic) bond motifs is 1. The Morgan fingerprint density at radius 1 is 1.11 bits per heavy atom. The lowest BCUT2D eigenvalue weighted by molar-refractivity contribution is 0.0894. The van der Waals surface area contributed by atoms with Crippen LogP contribution in [0.4, 0.5) is 0 Å². The molecule has 0 radical (unpaired) electrons. The minimum Gasteiger partial charge on any atom is -0.490 e. The second kappa shape index (κ2) is 8.22. The molecule has 2 aromatic carbocycles. The standard InChI is InChI=1S/C22H22ClN3O2/c23-21-10-20(6-3-15(21)11-24)28-19-7-4-18(5-8-19)26-22(27)14-1-2-16-12-25-13-17(16)9-14/h1-3,6,9-10,18-19,25H,4-5,7-8,12-13H2,(H,26,27)/t18-,19-. The number of hydrogen-bond acceptors (Lipinski definition) is 4. The van der Waals surface area contributed by atoms with Gasteiger partial charge in [-0.2, -0.15) is 5.26 Å². The minimum absolute atomic E-state index is 0.00191. The summed E-state index contributed by atoms with van der Waals surface area (Å²) < 4.78 is 6.01. The molecule has 1 aliphatic heterocycles. The van der Waals surface area contributed by atoms with Crippen LogP contribution in [0.15, 0.2) is 36.4 Å². The van der Waals surface area contributed by atoms with Gasteiger partial charge in [0.05, 0.1) is 16.7 Å². The second-order valence-corrected chi connectivity index (χ2v) is 7.81. The molecule has 2 N–H and O–H groups in total. The maximum atomic E-state index is 12.6. The molecule has 5 nitrogen and oxygen atoms in total. The van der Waals surface area contributed by atoms with Gasteiger partial charge in [0.15, 0.2) is 0 Å². The van der Waals surface area contributed by atoms with Gasteiger partial charge in [0.2, 0.25) is 0 Å². The third-order valence-electron chi connectivity index (χ3n) is 5.47. The summed E-state index contributed by atoms with van der Waals surface area (Å²) >= 11 is 6.07. The summed E-state index contributed by atoms with van der Waals surface area (Å²) in [4.78, 5) is 12.6. The zero-order valence-electron chi connectivity index (χ0n) is 15.5. The van der Waals surface area contributed by atoms with Gasteiger partial charge in [0, 0.05) is 30.8 Å². The van der Waals surface area contributed by atoms with E-state index in [2.05, 4.69) is 10.6 Å². The van der Waals surface area contributed by atoms with Crippen molar-refractivity contribution in [3.63, 3.8) is 0 Å². The van der Waals surface area contributed by atoms with Gasteiger partial charge < -0.3 is 15.4 Å². The predicted molar refractivity (Wildman–Crippen MR) is 107 cm³/mol. The molecular formula is C22H22ClN3O2. The number of nitriles is 1. The number of carbonyl (C=O) groups is 1. The van der Waals surface area contributed by atoms with Crippen molar-refractivity contribution >= 4 is 17.5 Å². The number of carbonyl (C=O) groups excluding carboxylic acids is 1. The van der Waals surface area contributed by atoms with Crippen molar-refractivity contribution in [3.8, 4) is 11.8 Å². The van der Waals surface area contributed by atoms with Crippen LogP contribution in [0, 0.1) is 11.3 Å². The Labute approximate surface area is 169 Å². The topological polar surface area (TPSA) is 74.1 Å². The first-order valence-electron chi connectivity index (χ1n) is 9.62. The first kappa shape index (κ1) is 18.8. The lowest BCUT2D eigenvalue weighted by Gasteiger charge is -2.29. The smallest absolute Gasteiger partial charge is 0.251 e. The molecule has 6 heteroatoms. The van der Waals surface area contributed by atoms with Crippen molar-refractivity contribution in [2.75, 3.05) is 0 Å². The molecule has 0 bridgehead atoms. The van der Waals surface area contributed by atoms with Gasteiger partial charge in [-0.3, -0.25) is 4.79 Å². The Morgan fingerprint density at radius 2 is 1.89 bits per heavy atom. The molecule has 0 spiro atoms. The maximum Gasteiger partial charge on any atom is 0.251 e. The molecule has 2 aliphatic rings. The number of hydrogen-bond donors (Lipinski definition) is 2. The van der Waals surface area contributed by atoms with Crippen molar-refractivity contribution < 1.29 is 9.53 Å². The van der Waals surface area contributed by atoms with E-state index < -0.39 is 0 Å². The highest BCUT2D eigenvalue weighted by Crippen LogP contribution is 2.27. The fourth-order valence-electron chi connectivity index (χ4n) is 3.88. The van der Waals surface area contributed by atoms with E-state index in [4.69, 9.17) is 21.6 Å². The van der Waals surface area contributed by atoms with E-state index in [9.17, 15) is 4.79 Å². The fraction of sp³-hybridized carbons (Fsp3) is 0.364. The first-order valence-corrected chi connectivity index (χ1v) is 10.00. The molecule has 144 valence electrons. The number of benzene rings is 2. The molecule has 1 saturated carbocycles. The highest BCUT2D eigenvalue weighted by Gasteiger charge is 2.24. The maximum absolute atomic E-state index is 12.6. The van der Waals surface area contributed by atoms with E-state index in [1.165, 1.54) is 11.1 Å². The molecule has 0 atom stereocenters. The molecule has 4 rings (SSSR count). The summed E-state index contributed by atoms with van der Waals surface area (Å²) in [5.74, 6) is 0.682. The predicted octanol–water partition coefficient (Wildman–Crippen LogP) is 3.93. The first-order chi connectivity index (χ1) is 13.6. The number of ether oxygens (including phenoxy) is 1. The number of amides is 1. The van der Waals surface area contributed by atoms with Crippen LogP contribution in [0.1, 0.15) is 52.7 Å². The Hall–Kier alpha value is -2.55. The lowest BCUT2D eigenvalue weighted by Crippen LogP contribution is -2.39. The van der Waals surface area contributed by atoms with Crippen LogP contribution >= 0.6 is 11.6 Å². The molecule has 1 aliphatic carbocycles. The van der Waals surface area contributed by atoms with Crippen molar-refractivity contribution in [1.82, 2.24) is 10.6 Å². The summed E-state index contributed by atoms with van der Waals surface area (Å²) in [7, 11) is 0. The third-order valence-corrected chi connectivity index (χ3v) is 5.79. The van der Waals surface area contributed by atoms with Gasteiger partial charge in [-0.25, -0.2) is 0 Å². The molecular weight excluding hydrogens is 374 g/mol. The molecule has 1 heterocycles. The minimum atomic E-state index is -0.00191. The molecule has 0 saturated heterocycles. The molecule has 28 heavy (non-hydrogen) atoms. The number of nitrogens with zero attached hydrogens (tertiary/aromatic N) is 1. The third kappa shape index (κ3) is 4.14. The lowest BCUT2D eigenvalue weighted by atomic mass is 9.92. The van der Waals surface area contributed by atoms with Crippen LogP contribution in [0.5, 0.6) is 5.75 Å². The van der Waals surface area contributed by atoms with E-state index in [1.54, 1.807) is 18.2 Å². The fourth-order valence-corrected chi connectivity index (χ4v) is 4.09. The summed E-state index contributed by atoms with van der Waals surface area (Å²) in [5, 5.41) is 15.8. The molecule has 0 unspecified atom stereocenters. The van der Waals surface area contributed by atoms with Crippen LogP contribution in [-0.4, -0.2) is 18.1 Å². The van der Waals surface area contributed by atoms with Gasteiger partial charge in [-0.05, 0) is 61.1 Å². The molecule has 2 aromatic rings. The normalized spacial score (nSPS) is 20.9. The molecule has 0 aromatic heterocycles. The number of nitrogens with one attached hydrogen (secondary N) is 2. The zero-order chi connectivity index (χ0) is 19.5. The highest BCUT2D eigenvalue weighted by molar-refractivity contribution is 6.31. The van der Waals surface area contributed by atoms with Crippen molar-refractivity contribution in [3.05, 3.63) is 63.7 Å². The van der Waals surface area contributed by atoms with Crippen LogP contribution in [-0.2, 0) is 13.1 Å². The van der Waals surface area contributed by atoms with Crippen molar-refractivity contribution in [2.45, 2.75) is 50.9 Å². The van der Waals surface area contributed by atoms with Gasteiger partial charge in [0.1, 0.15) is 11.8 Å². The van der Waals surface area contributed by atoms with Gasteiger partial charge >= 0.3 is 0 Å². The van der Waals surface area contributed by atoms with E-state index in [0.717, 1.165) is 44.3 Å². The quantitative estimate of drug-likeness (QED) is 0.822. The van der Waals surface area contributed by atoms with Crippen LogP contribution in [0.2, 0.25) is 5.02 Å². The SMILES string of the molecule is N#Cc1ccc(O[C@H]2CC[C@H](NC(=O)c3ccc4c(c3)CNC4)CC2)cc1Cl. The Morgan fingerprint density at radius 3 is 2.64 bits per heavy atom. The second-order valence-electron chi connectivity index (χ2n) is 7.41. The summed E-state index contributed by atoms with van der Waals surface area (Å²) in [6.07, 6.45) is 3.61. The van der Waals surface area contributed by atoms with Gasteiger partial charge in [-0.15, -0.1) is 0 Å².